The zero-order chi connectivity index (χ0) is 15.0. The van der Waals surface area contributed by atoms with Gasteiger partial charge >= 0.3 is 0 Å². The van der Waals surface area contributed by atoms with E-state index in [0.717, 1.165) is 31.4 Å². The molecule has 1 saturated carbocycles. The Morgan fingerprint density at radius 3 is 2.76 bits per heavy atom. The largest absolute Gasteiger partial charge is 0.364 e. The number of Topliss-reactive ketones (excluding diaryl/α,β-unsaturated/α-hetero) is 1. The van der Waals surface area contributed by atoms with Gasteiger partial charge in [0, 0.05) is 42.9 Å². The number of ketones is 1. The monoisotopic (exact) mass is 288 g/mol. The molecule has 5 nitrogen and oxygen atoms in total. The molecule has 2 fully saturated rings. The van der Waals surface area contributed by atoms with Crippen molar-refractivity contribution in [2.45, 2.75) is 45.1 Å². The van der Waals surface area contributed by atoms with Crippen LogP contribution in [0.3, 0.4) is 0 Å². The number of likely N-dealkylation sites (tertiary alicyclic amines) is 1. The van der Waals surface area contributed by atoms with Gasteiger partial charge in [0.15, 0.2) is 5.43 Å². The second-order valence-corrected chi connectivity index (χ2v) is 6.07. The predicted octanol–water partition coefficient (Wildman–Crippen LogP) is 1.66. The van der Waals surface area contributed by atoms with Gasteiger partial charge in [-0.2, -0.15) is 0 Å². The maximum absolute atomic E-state index is 12.6. The lowest BCUT2D eigenvalue weighted by molar-refractivity contribution is -0.121. The van der Waals surface area contributed by atoms with E-state index in [1.807, 2.05) is 0 Å². The van der Waals surface area contributed by atoms with Crippen LogP contribution < -0.4 is 5.43 Å². The van der Waals surface area contributed by atoms with Crippen molar-refractivity contribution >= 4 is 11.7 Å². The molecule has 2 aliphatic rings. The number of rotatable bonds is 2. The van der Waals surface area contributed by atoms with Crippen molar-refractivity contribution < 1.29 is 9.59 Å². The van der Waals surface area contributed by atoms with Crippen LogP contribution in [0.2, 0.25) is 0 Å². The molecular formula is C16H20N2O3. The number of aromatic nitrogens is 1. The number of hydrogen-bond acceptors (Lipinski definition) is 3. The van der Waals surface area contributed by atoms with Gasteiger partial charge in [-0.25, -0.2) is 0 Å². The van der Waals surface area contributed by atoms with Crippen molar-refractivity contribution in [1.29, 1.82) is 0 Å². The van der Waals surface area contributed by atoms with Crippen molar-refractivity contribution in [3.63, 3.8) is 0 Å². The quantitative estimate of drug-likeness (QED) is 0.899. The van der Waals surface area contributed by atoms with Crippen molar-refractivity contribution in [2.75, 3.05) is 6.54 Å². The minimum atomic E-state index is -0.250. The molecule has 5 heteroatoms. The summed E-state index contributed by atoms with van der Waals surface area (Å²) in [5.41, 5.74) is 0.665. The number of hydrogen-bond donors (Lipinski definition) is 1. The van der Waals surface area contributed by atoms with Crippen LogP contribution in [0, 0.1) is 12.8 Å². The molecule has 112 valence electrons. The highest BCUT2D eigenvalue weighted by Gasteiger charge is 2.40. The van der Waals surface area contributed by atoms with Gasteiger partial charge < -0.3 is 9.88 Å². The molecule has 1 aromatic rings. The first-order valence-corrected chi connectivity index (χ1v) is 7.61. The minimum absolute atomic E-state index is 0.0202. The summed E-state index contributed by atoms with van der Waals surface area (Å²) in [5, 5.41) is 0. The number of aryl methyl sites for hydroxylation is 1. The number of H-pyrrole nitrogens is 1. The van der Waals surface area contributed by atoms with E-state index < -0.39 is 0 Å². The highest BCUT2D eigenvalue weighted by molar-refractivity contribution is 5.95. The molecule has 0 bridgehead atoms. The topological polar surface area (TPSA) is 70.2 Å². The van der Waals surface area contributed by atoms with E-state index in [9.17, 15) is 14.4 Å². The summed E-state index contributed by atoms with van der Waals surface area (Å²) in [6.45, 7) is 2.42. The van der Waals surface area contributed by atoms with E-state index in [0.29, 0.717) is 13.0 Å². The normalized spacial score (nSPS) is 25.6. The summed E-state index contributed by atoms with van der Waals surface area (Å²) in [4.78, 5) is 41.3. The Labute approximate surface area is 123 Å². The first kappa shape index (κ1) is 14.0. The minimum Gasteiger partial charge on any atom is -0.364 e. The summed E-state index contributed by atoms with van der Waals surface area (Å²) < 4.78 is 0. The molecule has 2 unspecified atom stereocenters. The highest BCUT2D eigenvalue weighted by atomic mass is 16.2. The second kappa shape index (κ2) is 5.47. The summed E-state index contributed by atoms with van der Waals surface area (Å²) in [5.74, 6) is 0.0111. The zero-order valence-electron chi connectivity index (χ0n) is 12.2. The Balaban J connectivity index is 1.86. The lowest BCUT2D eigenvalue weighted by atomic mass is 9.95. The third kappa shape index (κ3) is 2.52. The molecule has 0 spiro atoms. The van der Waals surface area contributed by atoms with Gasteiger partial charge in [0.2, 0.25) is 0 Å². The van der Waals surface area contributed by atoms with Crippen molar-refractivity contribution in [1.82, 2.24) is 9.88 Å². The smallest absolute Gasteiger partial charge is 0.259 e. The third-order valence-electron chi connectivity index (χ3n) is 4.66. The van der Waals surface area contributed by atoms with Crippen molar-refractivity contribution in [2.24, 2.45) is 5.92 Å². The fourth-order valence-corrected chi connectivity index (χ4v) is 3.61. The molecule has 1 aliphatic heterocycles. The van der Waals surface area contributed by atoms with Gasteiger partial charge in [0.1, 0.15) is 11.3 Å². The molecular weight excluding hydrogens is 268 g/mol. The molecule has 2 heterocycles. The van der Waals surface area contributed by atoms with Crippen LogP contribution in [0.15, 0.2) is 17.1 Å². The van der Waals surface area contributed by atoms with E-state index in [2.05, 4.69) is 4.98 Å². The highest BCUT2D eigenvalue weighted by Crippen LogP contribution is 2.33. The summed E-state index contributed by atoms with van der Waals surface area (Å²) in [6.07, 6.45) is 5.70. The first-order chi connectivity index (χ1) is 10.1. The maximum Gasteiger partial charge on any atom is 0.259 e. The summed E-state index contributed by atoms with van der Waals surface area (Å²) in [7, 11) is 0. The SMILES string of the molecule is Cc1cc(=O)c(C(=O)N2CCCC2C2CCCC2=O)c[nH]1. The number of aromatic amines is 1. The average molecular weight is 288 g/mol. The maximum atomic E-state index is 12.6. The number of nitrogens with one attached hydrogen (secondary N) is 1. The predicted molar refractivity (Wildman–Crippen MR) is 78.2 cm³/mol. The van der Waals surface area contributed by atoms with Crippen molar-refractivity contribution in [3.8, 4) is 0 Å². The van der Waals surface area contributed by atoms with Gasteiger partial charge in [-0.05, 0) is 32.6 Å². The number of pyridine rings is 1. The molecule has 1 saturated heterocycles. The number of amides is 1. The van der Waals surface area contributed by atoms with Crippen molar-refractivity contribution in [3.05, 3.63) is 33.7 Å². The van der Waals surface area contributed by atoms with Gasteiger partial charge in [-0.1, -0.05) is 0 Å². The van der Waals surface area contributed by atoms with Crippen LogP contribution in [0.4, 0.5) is 0 Å². The Kier molecular flexibility index (Phi) is 3.66. The Hall–Kier alpha value is -1.91. The summed E-state index contributed by atoms with van der Waals surface area (Å²) in [6, 6.07) is 1.42. The van der Waals surface area contributed by atoms with Gasteiger partial charge in [-0.15, -0.1) is 0 Å². The van der Waals surface area contributed by atoms with E-state index >= 15 is 0 Å². The molecule has 0 radical (unpaired) electrons. The third-order valence-corrected chi connectivity index (χ3v) is 4.66. The zero-order valence-corrected chi connectivity index (χ0v) is 12.2. The molecule has 21 heavy (non-hydrogen) atoms. The summed E-state index contributed by atoms with van der Waals surface area (Å²) >= 11 is 0. The lowest BCUT2D eigenvalue weighted by Gasteiger charge is -2.28. The van der Waals surface area contributed by atoms with Crippen LogP contribution in [-0.2, 0) is 4.79 Å². The van der Waals surface area contributed by atoms with Crippen LogP contribution in [0.5, 0.6) is 0 Å². The molecule has 2 atom stereocenters. The molecule has 1 aliphatic carbocycles. The van der Waals surface area contributed by atoms with Crippen LogP contribution in [0.1, 0.15) is 48.2 Å². The van der Waals surface area contributed by atoms with Gasteiger partial charge in [0.05, 0.1) is 0 Å². The standard InChI is InChI=1S/C16H20N2O3/c1-10-8-15(20)12(9-17-10)16(21)18-7-3-5-13(18)11-4-2-6-14(11)19/h8-9,11,13H,2-7H2,1H3,(H,17,20). The molecule has 3 rings (SSSR count). The van der Waals surface area contributed by atoms with Crippen LogP contribution in [0.25, 0.3) is 0 Å². The number of nitrogens with zero attached hydrogens (tertiary/aromatic N) is 1. The molecule has 1 N–H and O–H groups in total. The van der Waals surface area contributed by atoms with Crippen LogP contribution in [-0.4, -0.2) is 34.2 Å². The van der Waals surface area contributed by atoms with Crippen LogP contribution >= 0.6 is 0 Å². The van der Waals surface area contributed by atoms with E-state index in [1.165, 1.54) is 12.3 Å². The molecule has 1 amide bonds. The fourth-order valence-electron chi connectivity index (χ4n) is 3.61. The molecule has 1 aromatic heterocycles. The Morgan fingerprint density at radius 1 is 1.29 bits per heavy atom. The average Bonchev–Trinajstić information content (AvgIpc) is 3.06. The number of carbonyl (C=O) groups is 2. The Bertz CT molecular complexity index is 635. The van der Waals surface area contributed by atoms with Gasteiger partial charge in [0.25, 0.3) is 5.91 Å². The first-order valence-electron chi connectivity index (χ1n) is 7.61. The fraction of sp³-hybridized carbons (Fsp3) is 0.562. The van der Waals surface area contributed by atoms with E-state index in [1.54, 1.807) is 11.8 Å². The van der Waals surface area contributed by atoms with E-state index in [4.69, 9.17) is 0 Å². The second-order valence-electron chi connectivity index (χ2n) is 6.07. The lowest BCUT2D eigenvalue weighted by Crippen LogP contribution is -2.42. The van der Waals surface area contributed by atoms with E-state index in [-0.39, 0.29) is 34.6 Å². The van der Waals surface area contributed by atoms with Gasteiger partial charge in [-0.3, -0.25) is 14.4 Å². The number of carbonyl (C=O) groups excluding carboxylic acids is 2. The molecule has 0 aromatic carbocycles. The Morgan fingerprint density at radius 2 is 2.10 bits per heavy atom.